The van der Waals surface area contributed by atoms with E-state index in [0.717, 1.165) is 0 Å². The Morgan fingerprint density at radius 1 is 1.15 bits per heavy atom. The lowest BCUT2D eigenvalue weighted by molar-refractivity contribution is -0.201. The zero-order chi connectivity index (χ0) is 30.0. The maximum atomic E-state index is 13.3. The SMILES string of the molecule is CCC1(CC)CC(=O)N(C[C@@H]2C[C@H]2C(=O)NC2CC(C(F)(F)F)Oc3ccccc32)C(N)=N1.O=C(O)C(F)(F)F. The molecule has 3 aliphatic rings. The van der Waals surface area contributed by atoms with Crippen LogP contribution in [0.1, 0.15) is 57.6 Å². The van der Waals surface area contributed by atoms with Crippen LogP contribution in [0.5, 0.6) is 5.75 Å². The lowest BCUT2D eigenvalue weighted by Crippen LogP contribution is -2.52. The number of aliphatic imine (C=N–C) groups is 1. The molecule has 4 atom stereocenters. The van der Waals surface area contributed by atoms with Crippen LogP contribution >= 0.6 is 0 Å². The summed E-state index contributed by atoms with van der Waals surface area (Å²) in [6, 6.07) is 5.64. The number of aliphatic carboxylic acids is 1. The molecule has 1 fully saturated rings. The van der Waals surface area contributed by atoms with Crippen LogP contribution in [0.25, 0.3) is 0 Å². The Bertz CT molecular complexity index is 1150. The van der Waals surface area contributed by atoms with Crippen molar-refractivity contribution in [2.24, 2.45) is 22.6 Å². The topological polar surface area (TPSA) is 134 Å². The van der Waals surface area contributed by atoms with Gasteiger partial charge in [-0.15, -0.1) is 0 Å². The molecule has 2 amide bonds. The zero-order valence-corrected chi connectivity index (χ0v) is 21.7. The van der Waals surface area contributed by atoms with E-state index < -0.39 is 36.0 Å². The number of para-hydroxylation sites is 1. The number of amides is 2. The highest BCUT2D eigenvalue weighted by Crippen LogP contribution is 2.43. The van der Waals surface area contributed by atoms with Crippen molar-refractivity contribution in [3.63, 3.8) is 0 Å². The van der Waals surface area contributed by atoms with E-state index in [-0.39, 0.29) is 54.7 Å². The number of benzene rings is 1. The number of ether oxygens (including phenoxy) is 1. The molecular weight excluding hydrogens is 550 g/mol. The van der Waals surface area contributed by atoms with Crippen LogP contribution in [-0.2, 0) is 14.4 Å². The Labute approximate surface area is 225 Å². The minimum atomic E-state index is -5.08. The van der Waals surface area contributed by atoms with E-state index in [9.17, 15) is 35.9 Å². The first kappa shape index (κ1) is 31.0. The van der Waals surface area contributed by atoms with Crippen LogP contribution in [0.15, 0.2) is 29.3 Å². The molecule has 0 radical (unpaired) electrons. The van der Waals surface area contributed by atoms with Gasteiger partial charge in [0.25, 0.3) is 0 Å². The molecule has 1 saturated carbocycles. The lowest BCUT2D eigenvalue weighted by atomic mass is 9.88. The average Bonchev–Trinajstić information content (AvgIpc) is 3.65. The summed E-state index contributed by atoms with van der Waals surface area (Å²) in [5.41, 5.74) is 6.15. The molecule has 1 aliphatic carbocycles. The molecule has 1 aromatic rings. The summed E-state index contributed by atoms with van der Waals surface area (Å²) in [5.74, 6) is -3.37. The highest BCUT2D eigenvalue weighted by atomic mass is 19.4. The normalized spacial score (nSPS) is 25.4. The van der Waals surface area contributed by atoms with Gasteiger partial charge in [0, 0.05) is 24.4 Å². The number of nitrogens with two attached hydrogens (primary N) is 1. The van der Waals surface area contributed by atoms with Crippen LogP contribution in [-0.4, -0.2) is 64.3 Å². The summed E-state index contributed by atoms with van der Waals surface area (Å²) >= 11 is 0. The fourth-order valence-corrected chi connectivity index (χ4v) is 4.74. The number of carboxylic acid groups (broad SMARTS) is 1. The van der Waals surface area contributed by atoms with Crippen molar-refractivity contribution in [1.29, 1.82) is 0 Å². The van der Waals surface area contributed by atoms with Crippen molar-refractivity contribution in [2.75, 3.05) is 6.54 Å². The number of carboxylic acids is 1. The Morgan fingerprint density at radius 3 is 2.27 bits per heavy atom. The molecule has 0 bridgehead atoms. The van der Waals surface area contributed by atoms with E-state index in [1.165, 1.54) is 11.0 Å². The van der Waals surface area contributed by atoms with Crippen LogP contribution in [0.2, 0.25) is 0 Å². The van der Waals surface area contributed by atoms with Gasteiger partial charge in [0.15, 0.2) is 12.1 Å². The number of hydrogen-bond donors (Lipinski definition) is 3. The summed E-state index contributed by atoms with van der Waals surface area (Å²) in [6.45, 7) is 4.23. The van der Waals surface area contributed by atoms with Crippen LogP contribution in [0, 0.1) is 11.8 Å². The molecule has 9 nitrogen and oxygen atoms in total. The minimum Gasteiger partial charge on any atom is -0.480 e. The second-order valence-electron chi connectivity index (χ2n) is 9.97. The third-order valence-electron chi connectivity index (χ3n) is 7.34. The van der Waals surface area contributed by atoms with E-state index in [1.54, 1.807) is 18.2 Å². The number of nitrogens with zero attached hydrogens (tertiary/aromatic N) is 2. The van der Waals surface area contributed by atoms with Crippen molar-refractivity contribution >= 4 is 23.7 Å². The van der Waals surface area contributed by atoms with Gasteiger partial charge < -0.3 is 20.9 Å². The van der Waals surface area contributed by atoms with Gasteiger partial charge in [-0.25, -0.2) is 9.79 Å². The van der Waals surface area contributed by atoms with E-state index >= 15 is 0 Å². The Kier molecular flexibility index (Phi) is 8.94. The van der Waals surface area contributed by atoms with E-state index in [0.29, 0.717) is 24.8 Å². The largest absolute Gasteiger partial charge is 0.490 e. The summed E-state index contributed by atoms with van der Waals surface area (Å²) in [6.07, 6.45) is -9.73. The monoisotopic (exact) mass is 580 g/mol. The molecular formula is C25H30F6N4O5. The lowest BCUT2D eigenvalue weighted by Gasteiger charge is -2.36. The third-order valence-corrected chi connectivity index (χ3v) is 7.34. The van der Waals surface area contributed by atoms with Gasteiger partial charge in [-0.05, 0) is 31.2 Å². The maximum Gasteiger partial charge on any atom is 0.490 e. The number of fused-ring (bicyclic) bond motifs is 1. The summed E-state index contributed by atoms with van der Waals surface area (Å²) in [7, 11) is 0. The standard InChI is InChI=1S/C23H29F3N4O3.C2HF3O2/c1-3-22(4-2)11-19(31)30(21(27)29-22)12-13-9-15(13)20(32)28-16-10-18(23(24,25)26)33-17-8-6-5-7-14(16)17;3-2(4,5)1(6)7/h5-8,13,15-16,18H,3-4,9-12H2,1-2H3,(H2,27,29)(H,28,32);(H,6,7)/t13-,15+,16?,18?;/m0./s1. The minimum absolute atomic E-state index is 0.105. The fourth-order valence-electron chi connectivity index (χ4n) is 4.74. The predicted octanol–water partition coefficient (Wildman–Crippen LogP) is 3.93. The van der Waals surface area contributed by atoms with Crippen molar-refractivity contribution in [3.05, 3.63) is 29.8 Å². The van der Waals surface area contributed by atoms with Crippen molar-refractivity contribution in [3.8, 4) is 5.75 Å². The van der Waals surface area contributed by atoms with E-state index in [1.807, 2.05) is 13.8 Å². The van der Waals surface area contributed by atoms with Crippen LogP contribution in [0.3, 0.4) is 0 Å². The maximum absolute atomic E-state index is 13.3. The molecule has 0 aromatic heterocycles. The zero-order valence-electron chi connectivity index (χ0n) is 21.7. The van der Waals surface area contributed by atoms with Gasteiger partial charge in [-0.1, -0.05) is 32.0 Å². The number of hydrogen-bond acceptors (Lipinski definition) is 6. The van der Waals surface area contributed by atoms with Gasteiger partial charge in [0.2, 0.25) is 11.8 Å². The van der Waals surface area contributed by atoms with Gasteiger partial charge in [0.05, 0.1) is 18.0 Å². The first-order chi connectivity index (χ1) is 18.5. The molecule has 2 heterocycles. The van der Waals surface area contributed by atoms with Crippen molar-refractivity contribution in [1.82, 2.24) is 10.2 Å². The Morgan fingerprint density at radius 2 is 1.75 bits per heavy atom. The molecule has 15 heteroatoms. The van der Waals surface area contributed by atoms with Crippen LogP contribution in [0.4, 0.5) is 26.3 Å². The number of carbonyl (C=O) groups is 3. The molecule has 0 spiro atoms. The van der Waals surface area contributed by atoms with Gasteiger partial charge in [0.1, 0.15) is 5.75 Å². The van der Waals surface area contributed by atoms with Crippen molar-refractivity contribution < 1.29 is 50.6 Å². The number of alkyl halides is 6. The summed E-state index contributed by atoms with van der Waals surface area (Å²) in [4.78, 5) is 40.5. The fraction of sp³-hybridized carbons (Fsp3) is 0.600. The van der Waals surface area contributed by atoms with Gasteiger partial charge in [-0.3, -0.25) is 14.5 Å². The molecule has 0 saturated heterocycles. The van der Waals surface area contributed by atoms with E-state index in [4.69, 9.17) is 20.4 Å². The number of nitrogens with one attached hydrogen (secondary N) is 1. The van der Waals surface area contributed by atoms with Gasteiger partial charge >= 0.3 is 18.3 Å². The summed E-state index contributed by atoms with van der Waals surface area (Å²) in [5, 5.41) is 9.90. The number of halogens is 6. The smallest absolute Gasteiger partial charge is 0.480 e. The Balaban J connectivity index is 0.000000559. The molecule has 4 rings (SSSR count). The quantitative estimate of drug-likeness (QED) is 0.437. The second-order valence-corrected chi connectivity index (χ2v) is 9.97. The molecule has 2 unspecified atom stereocenters. The molecule has 2 aliphatic heterocycles. The number of rotatable bonds is 6. The third kappa shape index (κ3) is 7.16. The average molecular weight is 581 g/mol. The number of guanidine groups is 1. The first-order valence-electron chi connectivity index (χ1n) is 12.6. The molecule has 40 heavy (non-hydrogen) atoms. The van der Waals surface area contributed by atoms with Crippen LogP contribution < -0.4 is 15.8 Å². The molecule has 222 valence electrons. The van der Waals surface area contributed by atoms with E-state index in [2.05, 4.69) is 10.3 Å². The van der Waals surface area contributed by atoms with Gasteiger partial charge in [-0.2, -0.15) is 26.3 Å². The molecule has 1 aromatic carbocycles. The number of carbonyl (C=O) groups excluding carboxylic acids is 2. The highest BCUT2D eigenvalue weighted by molar-refractivity contribution is 5.99. The highest BCUT2D eigenvalue weighted by Gasteiger charge is 2.50. The van der Waals surface area contributed by atoms with Crippen molar-refractivity contribution in [2.45, 2.75) is 76.0 Å². The second kappa shape index (κ2) is 11.5. The summed E-state index contributed by atoms with van der Waals surface area (Å²) < 4.78 is 76.8. The Hall–Kier alpha value is -3.52. The predicted molar refractivity (Wildman–Crippen MR) is 129 cm³/mol. The molecule has 4 N–H and O–H groups in total. The first-order valence-corrected chi connectivity index (χ1v) is 12.6.